The molecule has 6 heteroatoms. The zero-order valence-electron chi connectivity index (χ0n) is 31.9. The van der Waals surface area contributed by atoms with Crippen molar-refractivity contribution in [3.8, 4) is 0 Å². The molecule has 0 aliphatic rings. The summed E-state index contributed by atoms with van der Waals surface area (Å²) in [6, 6.07) is 0. The lowest BCUT2D eigenvalue weighted by Gasteiger charge is -2.18. The van der Waals surface area contributed by atoms with Crippen LogP contribution < -0.4 is 0 Å². The second-order valence-corrected chi connectivity index (χ2v) is 13.2. The number of unbranched alkanes of at least 4 members (excludes halogenated alkanes) is 17. The Balaban J connectivity index is 4.47. The third kappa shape index (κ3) is 36.5. The third-order valence-electron chi connectivity index (χ3n) is 8.35. The number of carbonyl (C=O) groups is 3. The lowest BCUT2D eigenvalue weighted by atomic mass is 10.1. The van der Waals surface area contributed by atoms with Crippen molar-refractivity contribution in [3.63, 3.8) is 0 Å². The van der Waals surface area contributed by atoms with Crippen molar-refractivity contribution in [3.05, 3.63) is 48.6 Å². The average molecular weight is 687 g/mol. The Morgan fingerprint density at radius 2 is 0.898 bits per heavy atom. The highest BCUT2D eigenvalue weighted by molar-refractivity contribution is 5.72. The maximum Gasteiger partial charge on any atom is 0.309 e. The zero-order chi connectivity index (χ0) is 35.9. The first-order valence-corrected chi connectivity index (χ1v) is 20.1. The molecule has 0 aromatic heterocycles. The molecule has 1 unspecified atom stereocenters. The highest BCUT2D eigenvalue weighted by atomic mass is 16.6. The van der Waals surface area contributed by atoms with E-state index in [0.29, 0.717) is 12.8 Å². The molecule has 0 saturated carbocycles. The molecular weight excluding hydrogens is 612 g/mol. The molecule has 1 atom stereocenters. The summed E-state index contributed by atoms with van der Waals surface area (Å²) in [4.78, 5) is 37.4. The Labute approximate surface area is 301 Å². The summed E-state index contributed by atoms with van der Waals surface area (Å²) in [5.41, 5.74) is 0. The highest BCUT2D eigenvalue weighted by Gasteiger charge is 2.19. The van der Waals surface area contributed by atoms with Gasteiger partial charge in [-0.2, -0.15) is 0 Å². The molecule has 0 N–H and O–H groups in total. The second kappa shape index (κ2) is 38.2. The van der Waals surface area contributed by atoms with Crippen LogP contribution in [0.2, 0.25) is 0 Å². The van der Waals surface area contributed by atoms with Crippen LogP contribution in [-0.2, 0) is 28.6 Å². The first-order chi connectivity index (χ1) is 24.0. The lowest BCUT2D eigenvalue weighted by molar-refractivity contribution is -0.166. The van der Waals surface area contributed by atoms with Gasteiger partial charge in [0.05, 0.1) is 6.42 Å². The monoisotopic (exact) mass is 687 g/mol. The van der Waals surface area contributed by atoms with E-state index in [1.807, 2.05) is 6.08 Å². The van der Waals surface area contributed by atoms with Crippen molar-refractivity contribution >= 4 is 17.9 Å². The molecule has 0 amide bonds. The minimum Gasteiger partial charge on any atom is -0.462 e. The average Bonchev–Trinajstić information content (AvgIpc) is 3.10. The standard InChI is InChI=1S/C43H74O6/c1-4-7-10-13-16-19-21-24-27-30-33-36-42(45)48-39-40(38-47-41(44)35-32-29-26-23-18-15-12-9-6-3)49-43(46)37-34-31-28-25-22-20-17-14-11-8-5-2/h9,12-13,16,18,23,29,32,40H,4-8,10-11,14-15,17,19-22,24-28,30-31,33-39H2,1-3H3/b12-9-,16-13-,23-18-,32-29-. The van der Waals surface area contributed by atoms with Gasteiger partial charge in [0.25, 0.3) is 0 Å². The van der Waals surface area contributed by atoms with E-state index in [1.54, 1.807) is 6.08 Å². The number of ether oxygens (including phenoxy) is 3. The fraction of sp³-hybridized carbons (Fsp3) is 0.744. The Morgan fingerprint density at radius 1 is 0.449 bits per heavy atom. The van der Waals surface area contributed by atoms with Gasteiger partial charge >= 0.3 is 17.9 Å². The van der Waals surface area contributed by atoms with Gasteiger partial charge in [-0.1, -0.05) is 166 Å². The minimum absolute atomic E-state index is 0.104. The van der Waals surface area contributed by atoms with Crippen LogP contribution in [0.1, 0.15) is 188 Å². The summed E-state index contributed by atoms with van der Waals surface area (Å²) in [6.07, 6.45) is 42.7. The van der Waals surface area contributed by atoms with E-state index in [9.17, 15) is 14.4 Å². The quantitative estimate of drug-likeness (QED) is 0.0286. The van der Waals surface area contributed by atoms with Crippen molar-refractivity contribution in [2.75, 3.05) is 13.2 Å². The molecule has 0 bridgehead atoms. The fourth-order valence-electron chi connectivity index (χ4n) is 5.31. The molecule has 0 radical (unpaired) electrons. The molecule has 0 heterocycles. The van der Waals surface area contributed by atoms with Gasteiger partial charge < -0.3 is 14.2 Å². The zero-order valence-corrected chi connectivity index (χ0v) is 31.9. The Morgan fingerprint density at radius 3 is 1.47 bits per heavy atom. The van der Waals surface area contributed by atoms with Crippen LogP contribution in [0, 0.1) is 0 Å². The normalized spacial score (nSPS) is 12.5. The summed E-state index contributed by atoms with van der Waals surface area (Å²) in [5, 5.41) is 0. The largest absolute Gasteiger partial charge is 0.462 e. The van der Waals surface area contributed by atoms with Crippen LogP contribution in [-0.4, -0.2) is 37.2 Å². The molecule has 0 aromatic carbocycles. The molecule has 6 nitrogen and oxygen atoms in total. The van der Waals surface area contributed by atoms with E-state index >= 15 is 0 Å². The molecular formula is C43H74O6. The molecule has 282 valence electrons. The predicted molar refractivity (Wildman–Crippen MR) is 205 cm³/mol. The molecule has 0 fully saturated rings. The van der Waals surface area contributed by atoms with Crippen LogP contribution in [0.15, 0.2) is 48.6 Å². The lowest BCUT2D eigenvalue weighted by Crippen LogP contribution is -2.30. The summed E-state index contributed by atoms with van der Waals surface area (Å²) < 4.78 is 16.5. The van der Waals surface area contributed by atoms with Crippen molar-refractivity contribution in [2.45, 2.75) is 194 Å². The van der Waals surface area contributed by atoms with E-state index < -0.39 is 12.1 Å². The van der Waals surface area contributed by atoms with Gasteiger partial charge in [0.2, 0.25) is 0 Å². The number of carbonyl (C=O) groups excluding carboxylic acids is 3. The summed E-state index contributed by atoms with van der Waals surface area (Å²) >= 11 is 0. The van der Waals surface area contributed by atoms with Crippen LogP contribution in [0.25, 0.3) is 0 Å². The Hall–Kier alpha value is -2.63. The number of allylic oxidation sites excluding steroid dienone is 7. The molecule has 0 rings (SSSR count). The van der Waals surface area contributed by atoms with Crippen LogP contribution in [0.4, 0.5) is 0 Å². The number of rotatable bonds is 35. The first kappa shape index (κ1) is 46.4. The van der Waals surface area contributed by atoms with Gasteiger partial charge in [-0.05, 0) is 51.4 Å². The first-order valence-electron chi connectivity index (χ1n) is 20.1. The molecule has 0 aliphatic carbocycles. The number of esters is 3. The molecule has 0 aliphatic heterocycles. The highest BCUT2D eigenvalue weighted by Crippen LogP contribution is 2.13. The van der Waals surface area contributed by atoms with Gasteiger partial charge in [-0.3, -0.25) is 14.4 Å². The van der Waals surface area contributed by atoms with Crippen molar-refractivity contribution < 1.29 is 28.6 Å². The molecule has 0 aromatic rings. The van der Waals surface area contributed by atoms with Crippen LogP contribution in [0.3, 0.4) is 0 Å². The Bertz CT molecular complexity index is 887. The van der Waals surface area contributed by atoms with Gasteiger partial charge in [-0.25, -0.2) is 0 Å². The second-order valence-electron chi connectivity index (χ2n) is 13.2. The van der Waals surface area contributed by atoms with Gasteiger partial charge in [0, 0.05) is 12.8 Å². The van der Waals surface area contributed by atoms with Crippen molar-refractivity contribution in [1.29, 1.82) is 0 Å². The fourth-order valence-corrected chi connectivity index (χ4v) is 5.31. The van der Waals surface area contributed by atoms with Crippen LogP contribution >= 0.6 is 0 Å². The van der Waals surface area contributed by atoms with Crippen molar-refractivity contribution in [1.82, 2.24) is 0 Å². The maximum atomic E-state index is 12.6. The van der Waals surface area contributed by atoms with E-state index in [0.717, 1.165) is 70.6 Å². The Kier molecular flexibility index (Phi) is 36.1. The number of hydrogen-bond acceptors (Lipinski definition) is 6. The minimum atomic E-state index is -0.804. The molecule has 0 spiro atoms. The summed E-state index contributed by atoms with van der Waals surface area (Å²) in [7, 11) is 0. The summed E-state index contributed by atoms with van der Waals surface area (Å²) in [5.74, 6) is -1.05. The summed E-state index contributed by atoms with van der Waals surface area (Å²) in [6.45, 7) is 6.34. The molecule has 49 heavy (non-hydrogen) atoms. The van der Waals surface area contributed by atoms with Crippen molar-refractivity contribution in [2.24, 2.45) is 0 Å². The van der Waals surface area contributed by atoms with Crippen LogP contribution in [0.5, 0.6) is 0 Å². The van der Waals surface area contributed by atoms with E-state index in [-0.39, 0.29) is 31.6 Å². The van der Waals surface area contributed by atoms with E-state index in [1.165, 1.54) is 77.0 Å². The van der Waals surface area contributed by atoms with Gasteiger partial charge in [-0.15, -0.1) is 0 Å². The number of hydrogen-bond donors (Lipinski definition) is 0. The van der Waals surface area contributed by atoms with Gasteiger partial charge in [0.1, 0.15) is 13.2 Å². The van der Waals surface area contributed by atoms with E-state index in [2.05, 4.69) is 57.2 Å². The van der Waals surface area contributed by atoms with E-state index in [4.69, 9.17) is 14.2 Å². The molecule has 0 saturated heterocycles. The third-order valence-corrected chi connectivity index (χ3v) is 8.35. The maximum absolute atomic E-state index is 12.6. The van der Waals surface area contributed by atoms with Gasteiger partial charge in [0.15, 0.2) is 6.10 Å². The topological polar surface area (TPSA) is 78.9 Å². The SMILES string of the molecule is CC/C=C\C/C=C\C/C=C\CC(=O)OCC(COC(=O)CCCCCCC/C=C\CCCC)OC(=O)CCCCCCCCCCCCC. The predicted octanol–water partition coefficient (Wildman–Crippen LogP) is 12.4. The smallest absolute Gasteiger partial charge is 0.309 e.